The van der Waals surface area contributed by atoms with E-state index in [1.165, 1.54) is 0 Å². The van der Waals surface area contributed by atoms with Crippen molar-refractivity contribution < 1.29 is 9.47 Å². The number of hydrogen-bond acceptors (Lipinski definition) is 3. The first-order valence-corrected chi connectivity index (χ1v) is 3.53. The lowest BCUT2D eigenvalue weighted by atomic mass is 10.5. The maximum absolute atomic E-state index is 5.20. The third-order valence-electron chi connectivity index (χ3n) is 1.09. The summed E-state index contributed by atoms with van der Waals surface area (Å²) in [6.45, 7) is 2.21. The van der Waals surface area contributed by atoms with Crippen molar-refractivity contribution in [3.05, 3.63) is 18.1 Å². The summed E-state index contributed by atoms with van der Waals surface area (Å²) in [5.74, 6) is 0.839. The Kier molecular flexibility index (Phi) is 1.09. The van der Waals surface area contributed by atoms with Gasteiger partial charge in [-0.15, -0.1) is 11.3 Å². The third-order valence-corrected chi connectivity index (χ3v) is 1.89. The van der Waals surface area contributed by atoms with Crippen molar-refractivity contribution in [1.29, 1.82) is 0 Å². The highest BCUT2D eigenvalue weighted by molar-refractivity contribution is 7.12. The number of fused-ring (bicyclic) bond motifs is 1. The van der Waals surface area contributed by atoms with E-state index < -0.39 is 0 Å². The van der Waals surface area contributed by atoms with Crippen LogP contribution in [0.25, 0.3) is 0 Å². The van der Waals surface area contributed by atoms with E-state index in [2.05, 4.69) is 0 Å². The van der Waals surface area contributed by atoms with E-state index in [-0.39, 0.29) is 0 Å². The van der Waals surface area contributed by atoms with Crippen LogP contribution in [0.15, 0.2) is 11.4 Å². The van der Waals surface area contributed by atoms with Gasteiger partial charge in [-0.3, -0.25) is 0 Å². The van der Waals surface area contributed by atoms with Gasteiger partial charge in [0.15, 0.2) is 12.4 Å². The molecular formula is C6H5O2S. The average Bonchev–Trinajstić information content (AvgIpc) is 2.33. The first kappa shape index (κ1) is 5.11. The summed E-state index contributed by atoms with van der Waals surface area (Å²) in [6.07, 6.45) is 0. The van der Waals surface area contributed by atoms with Crippen molar-refractivity contribution in [2.45, 2.75) is 0 Å². The standard InChI is InChI=1S/C6H5O2S/c1-4-9-6-5(1)7-2-3-8-6/h1-2,4H,3H2. The molecule has 1 aliphatic heterocycles. The molecule has 9 heavy (non-hydrogen) atoms. The Morgan fingerprint density at radius 3 is 3.44 bits per heavy atom. The minimum Gasteiger partial charge on any atom is -0.478 e. The summed E-state index contributed by atoms with van der Waals surface area (Å²) in [6, 6.07) is 1.90. The minimum atomic E-state index is 0.563. The number of ether oxygens (including phenoxy) is 2. The Bertz CT molecular complexity index is 186. The van der Waals surface area contributed by atoms with Gasteiger partial charge in [-0.2, -0.15) is 0 Å². The highest BCUT2D eigenvalue weighted by Crippen LogP contribution is 2.36. The van der Waals surface area contributed by atoms with Crippen molar-refractivity contribution in [2.75, 3.05) is 6.61 Å². The molecule has 0 aromatic carbocycles. The molecule has 3 heteroatoms. The van der Waals surface area contributed by atoms with E-state index in [4.69, 9.17) is 9.47 Å². The molecule has 1 radical (unpaired) electrons. The van der Waals surface area contributed by atoms with E-state index >= 15 is 0 Å². The Labute approximate surface area is 57.0 Å². The SMILES string of the molecule is [CH]1COc2sccc2O1. The number of hydrogen-bond donors (Lipinski definition) is 0. The highest BCUT2D eigenvalue weighted by Gasteiger charge is 2.11. The summed E-state index contributed by atoms with van der Waals surface area (Å²) in [5.41, 5.74) is 0. The van der Waals surface area contributed by atoms with Crippen molar-refractivity contribution >= 4 is 11.3 Å². The van der Waals surface area contributed by atoms with E-state index in [1.54, 1.807) is 17.9 Å². The Morgan fingerprint density at radius 2 is 2.56 bits per heavy atom. The third kappa shape index (κ3) is 0.772. The average molecular weight is 141 g/mol. The molecule has 0 N–H and O–H groups in total. The number of thiophene rings is 1. The molecule has 47 valence electrons. The fourth-order valence-electron chi connectivity index (χ4n) is 0.710. The zero-order valence-electron chi connectivity index (χ0n) is 4.66. The molecule has 0 aliphatic carbocycles. The van der Waals surface area contributed by atoms with Gasteiger partial charge in [-0.1, -0.05) is 0 Å². The van der Waals surface area contributed by atoms with Crippen LogP contribution in [0.4, 0.5) is 0 Å². The van der Waals surface area contributed by atoms with Crippen LogP contribution >= 0.6 is 11.3 Å². The van der Waals surface area contributed by atoms with E-state index in [0.717, 1.165) is 10.8 Å². The van der Waals surface area contributed by atoms with Crippen LogP contribution in [0.1, 0.15) is 0 Å². The molecule has 1 aromatic heterocycles. The molecule has 2 heterocycles. The van der Waals surface area contributed by atoms with Crippen LogP contribution in [-0.4, -0.2) is 6.61 Å². The summed E-state index contributed by atoms with van der Waals surface area (Å²) < 4.78 is 10.3. The van der Waals surface area contributed by atoms with Gasteiger partial charge in [0.05, 0.1) is 0 Å². The summed E-state index contributed by atoms with van der Waals surface area (Å²) >= 11 is 1.56. The molecule has 0 saturated heterocycles. The Balaban J connectivity index is 2.39. The van der Waals surface area contributed by atoms with Gasteiger partial charge in [0.25, 0.3) is 0 Å². The van der Waals surface area contributed by atoms with Crippen LogP contribution in [0.5, 0.6) is 10.8 Å². The van der Waals surface area contributed by atoms with Crippen LogP contribution in [0, 0.1) is 6.61 Å². The fourth-order valence-corrected chi connectivity index (χ4v) is 1.39. The monoisotopic (exact) mass is 141 g/mol. The summed E-state index contributed by atoms with van der Waals surface area (Å²) in [4.78, 5) is 0. The Morgan fingerprint density at radius 1 is 1.56 bits per heavy atom. The van der Waals surface area contributed by atoms with Gasteiger partial charge in [0.1, 0.15) is 6.61 Å². The lowest BCUT2D eigenvalue weighted by Crippen LogP contribution is -2.07. The maximum atomic E-state index is 5.20. The second-order valence-corrected chi connectivity index (χ2v) is 2.55. The molecule has 2 nitrogen and oxygen atoms in total. The molecular weight excluding hydrogens is 136 g/mol. The van der Waals surface area contributed by atoms with Crippen molar-refractivity contribution in [3.63, 3.8) is 0 Å². The van der Waals surface area contributed by atoms with Crippen molar-refractivity contribution in [2.24, 2.45) is 0 Å². The Hall–Kier alpha value is -0.700. The molecule has 1 aromatic rings. The van der Waals surface area contributed by atoms with E-state index in [0.29, 0.717) is 6.61 Å². The van der Waals surface area contributed by atoms with E-state index in [9.17, 15) is 0 Å². The molecule has 0 bridgehead atoms. The lowest BCUT2D eigenvalue weighted by molar-refractivity contribution is 0.231. The summed E-state index contributed by atoms with van der Waals surface area (Å²) in [5, 5.41) is 2.83. The molecule has 0 amide bonds. The molecule has 1 aliphatic rings. The van der Waals surface area contributed by atoms with Gasteiger partial charge < -0.3 is 9.47 Å². The topological polar surface area (TPSA) is 18.5 Å². The second-order valence-electron chi connectivity index (χ2n) is 1.67. The van der Waals surface area contributed by atoms with Crippen molar-refractivity contribution in [1.82, 2.24) is 0 Å². The van der Waals surface area contributed by atoms with Crippen LogP contribution < -0.4 is 9.47 Å². The smallest absolute Gasteiger partial charge is 0.217 e. The fraction of sp³-hybridized carbons (Fsp3) is 0.167. The first-order chi connectivity index (χ1) is 4.47. The van der Waals surface area contributed by atoms with Gasteiger partial charge in [-0.25, -0.2) is 0 Å². The predicted molar refractivity (Wildman–Crippen MR) is 34.7 cm³/mol. The highest BCUT2D eigenvalue weighted by atomic mass is 32.1. The minimum absolute atomic E-state index is 0.563. The molecule has 0 fully saturated rings. The van der Waals surface area contributed by atoms with Crippen molar-refractivity contribution in [3.8, 4) is 10.8 Å². The lowest BCUT2D eigenvalue weighted by Gasteiger charge is -2.12. The van der Waals surface area contributed by atoms with Crippen LogP contribution in [0.2, 0.25) is 0 Å². The normalized spacial score (nSPS) is 15.6. The van der Waals surface area contributed by atoms with Crippen LogP contribution in [0.3, 0.4) is 0 Å². The molecule has 0 saturated carbocycles. The second kappa shape index (κ2) is 1.92. The molecule has 0 atom stereocenters. The van der Waals surface area contributed by atoms with Gasteiger partial charge in [0, 0.05) is 0 Å². The largest absolute Gasteiger partial charge is 0.478 e. The zero-order chi connectivity index (χ0) is 6.10. The number of rotatable bonds is 0. The molecule has 0 spiro atoms. The molecule has 2 rings (SSSR count). The van der Waals surface area contributed by atoms with Gasteiger partial charge in [0.2, 0.25) is 5.06 Å². The molecule has 0 unspecified atom stereocenters. The zero-order valence-corrected chi connectivity index (χ0v) is 5.48. The van der Waals surface area contributed by atoms with Gasteiger partial charge >= 0.3 is 0 Å². The van der Waals surface area contributed by atoms with Gasteiger partial charge in [-0.05, 0) is 11.4 Å². The van der Waals surface area contributed by atoms with Crippen LogP contribution in [-0.2, 0) is 0 Å². The van der Waals surface area contributed by atoms with E-state index in [1.807, 2.05) is 11.4 Å². The summed E-state index contributed by atoms with van der Waals surface area (Å²) in [7, 11) is 0. The quantitative estimate of drug-likeness (QED) is 0.547. The first-order valence-electron chi connectivity index (χ1n) is 2.65. The maximum Gasteiger partial charge on any atom is 0.217 e. The predicted octanol–water partition coefficient (Wildman–Crippen LogP) is 1.68.